The first-order valence-electron chi connectivity index (χ1n) is 8.73. The van der Waals surface area contributed by atoms with Gasteiger partial charge in [0.05, 0.1) is 6.26 Å². The lowest BCUT2D eigenvalue weighted by Crippen LogP contribution is -2.33. The zero-order valence-electron chi connectivity index (χ0n) is 15.1. The summed E-state index contributed by atoms with van der Waals surface area (Å²) in [6.45, 7) is 3.79. The molecule has 4 rings (SSSR count). The fourth-order valence-corrected chi connectivity index (χ4v) is 3.52. The fraction of sp³-hybridized carbons (Fsp3) is 0.450. The van der Waals surface area contributed by atoms with Crippen molar-refractivity contribution in [1.82, 2.24) is 0 Å². The SMILES string of the molecule is CO[C@H]1O[C@H]([C@@H](N=Cc2ccccc2)c2ccco2)[C@@H]2OC(C)(C)O[C@H]12. The largest absolute Gasteiger partial charge is 0.467 e. The highest BCUT2D eigenvalue weighted by Crippen LogP contribution is 2.43. The molecule has 138 valence electrons. The van der Waals surface area contributed by atoms with E-state index in [0.717, 1.165) is 5.56 Å². The maximum Gasteiger partial charge on any atom is 0.186 e. The smallest absolute Gasteiger partial charge is 0.186 e. The maximum absolute atomic E-state index is 6.11. The fourth-order valence-electron chi connectivity index (χ4n) is 3.52. The molecule has 0 aliphatic carbocycles. The molecule has 0 amide bonds. The molecule has 26 heavy (non-hydrogen) atoms. The number of rotatable bonds is 5. The van der Waals surface area contributed by atoms with E-state index in [1.807, 2.05) is 62.5 Å². The van der Waals surface area contributed by atoms with Gasteiger partial charge in [-0.3, -0.25) is 4.99 Å². The minimum atomic E-state index is -0.689. The Labute approximate surface area is 152 Å². The number of methoxy groups -OCH3 is 1. The Morgan fingerprint density at radius 1 is 1.08 bits per heavy atom. The number of ether oxygens (including phenoxy) is 4. The van der Waals surface area contributed by atoms with Gasteiger partial charge in [-0.1, -0.05) is 30.3 Å². The van der Waals surface area contributed by atoms with Gasteiger partial charge < -0.3 is 23.4 Å². The summed E-state index contributed by atoms with van der Waals surface area (Å²) in [5.74, 6) is 0.0244. The number of hydrogen-bond acceptors (Lipinski definition) is 6. The van der Waals surface area contributed by atoms with Crippen LogP contribution in [0.2, 0.25) is 0 Å². The second-order valence-corrected chi connectivity index (χ2v) is 6.92. The van der Waals surface area contributed by atoms with E-state index in [0.29, 0.717) is 5.76 Å². The van der Waals surface area contributed by atoms with Gasteiger partial charge in [0.1, 0.15) is 30.1 Å². The Morgan fingerprint density at radius 3 is 2.54 bits per heavy atom. The van der Waals surface area contributed by atoms with Crippen LogP contribution in [0.25, 0.3) is 0 Å². The van der Waals surface area contributed by atoms with Gasteiger partial charge >= 0.3 is 0 Å². The molecule has 3 heterocycles. The minimum Gasteiger partial charge on any atom is -0.467 e. The van der Waals surface area contributed by atoms with Crippen LogP contribution in [0.5, 0.6) is 0 Å². The molecule has 2 aliphatic rings. The third-order valence-corrected chi connectivity index (χ3v) is 4.61. The highest BCUT2D eigenvalue weighted by atomic mass is 16.8. The lowest BCUT2D eigenvalue weighted by atomic mass is 10.0. The molecule has 2 fully saturated rings. The van der Waals surface area contributed by atoms with E-state index in [1.54, 1.807) is 13.4 Å². The molecular weight excluding hydrogens is 334 g/mol. The van der Waals surface area contributed by atoms with E-state index in [4.69, 9.17) is 28.4 Å². The van der Waals surface area contributed by atoms with Gasteiger partial charge in [0.15, 0.2) is 12.1 Å². The monoisotopic (exact) mass is 357 g/mol. The van der Waals surface area contributed by atoms with E-state index in [9.17, 15) is 0 Å². The predicted octanol–water partition coefficient (Wildman–Crippen LogP) is 3.33. The van der Waals surface area contributed by atoms with Gasteiger partial charge in [-0.2, -0.15) is 0 Å². The van der Waals surface area contributed by atoms with E-state index >= 15 is 0 Å². The molecule has 0 spiro atoms. The number of benzene rings is 1. The van der Waals surface area contributed by atoms with Gasteiger partial charge in [0.25, 0.3) is 0 Å². The summed E-state index contributed by atoms with van der Waals surface area (Å²) in [5.41, 5.74) is 1.01. The van der Waals surface area contributed by atoms with Crippen molar-refractivity contribution in [2.24, 2.45) is 4.99 Å². The molecule has 6 heteroatoms. The van der Waals surface area contributed by atoms with Crippen molar-refractivity contribution in [1.29, 1.82) is 0 Å². The second kappa shape index (κ2) is 6.96. The molecule has 0 unspecified atom stereocenters. The van der Waals surface area contributed by atoms with Crippen LogP contribution < -0.4 is 0 Å². The van der Waals surface area contributed by atoms with Crippen molar-refractivity contribution in [3.8, 4) is 0 Å². The Balaban J connectivity index is 1.65. The van der Waals surface area contributed by atoms with Gasteiger partial charge in [0, 0.05) is 13.3 Å². The molecule has 0 N–H and O–H groups in total. The number of nitrogens with zero attached hydrogens (tertiary/aromatic N) is 1. The average Bonchev–Trinajstić information content (AvgIpc) is 3.32. The van der Waals surface area contributed by atoms with E-state index in [-0.39, 0.29) is 24.4 Å². The molecular formula is C20H23NO5. The summed E-state index contributed by atoms with van der Waals surface area (Å²) in [6, 6.07) is 13.3. The summed E-state index contributed by atoms with van der Waals surface area (Å²) < 4.78 is 29.3. The van der Waals surface area contributed by atoms with Crippen molar-refractivity contribution in [2.75, 3.05) is 7.11 Å². The first-order chi connectivity index (χ1) is 12.6. The molecule has 1 aromatic carbocycles. The van der Waals surface area contributed by atoms with Crippen LogP contribution in [0.1, 0.15) is 31.2 Å². The highest BCUT2D eigenvalue weighted by Gasteiger charge is 2.58. The van der Waals surface area contributed by atoms with Crippen molar-refractivity contribution in [2.45, 2.75) is 50.3 Å². The van der Waals surface area contributed by atoms with Crippen LogP contribution >= 0.6 is 0 Å². The van der Waals surface area contributed by atoms with Crippen molar-refractivity contribution in [3.05, 3.63) is 60.1 Å². The Morgan fingerprint density at radius 2 is 1.85 bits per heavy atom. The number of furan rings is 1. The van der Waals surface area contributed by atoms with Crippen LogP contribution in [-0.4, -0.2) is 43.7 Å². The summed E-state index contributed by atoms with van der Waals surface area (Å²) in [5, 5.41) is 0. The van der Waals surface area contributed by atoms with Gasteiger partial charge in [-0.05, 0) is 31.5 Å². The van der Waals surface area contributed by atoms with Crippen molar-refractivity contribution in [3.63, 3.8) is 0 Å². The third-order valence-electron chi connectivity index (χ3n) is 4.61. The van der Waals surface area contributed by atoms with Gasteiger partial charge in [-0.25, -0.2) is 0 Å². The Bertz CT molecular complexity index is 743. The number of hydrogen-bond donors (Lipinski definition) is 0. The summed E-state index contributed by atoms with van der Waals surface area (Å²) in [7, 11) is 1.61. The molecule has 6 nitrogen and oxygen atoms in total. The Hall–Kier alpha value is -1.99. The number of fused-ring (bicyclic) bond motifs is 1. The summed E-state index contributed by atoms with van der Waals surface area (Å²) in [4.78, 5) is 4.76. The van der Waals surface area contributed by atoms with Crippen molar-refractivity contribution < 1.29 is 23.4 Å². The second-order valence-electron chi connectivity index (χ2n) is 6.92. The summed E-state index contributed by atoms with van der Waals surface area (Å²) >= 11 is 0. The van der Waals surface area contributed by atoms with E-state index < -0.39 is 12.1 Å². The van der Waals surface area contributed by atoms with E-state index in [1.165, 1.54) is 0 Å². The predicted molar refractivity (Wildman–Crippen MR) is 95.0 cm³/mol. The van der Waals surface area contributed by atoms with Crippen LogP contribution in [0, 0.1) is 0 Å². The van der Waals surface area contributed by atoms with Gasteiger partial charge in [0.2, 0.25) is 0 Å². The van der Waals surface area contributed by atoms with E-state index in [2.05, 4.69) is 0 Å². The lowest BCUT2D eigenvalue weighted by Gasteiger charge is -2.26. The maximum atomic E-state index is 6.11. The molecule has 0 bridgehead atoms. The summed E-state index contributed by atoms with van der Waals surface area (Å²) in [6.07, 6.45) is 1.99. The molecule has 2 saturated heterocycles. The van der Waals surface area contributed by atoms with Crippen LogP contribution in [0.4, 0.5) is 0 Å². The highest BCUT2D eigenvalue weighted by molar-refractivity contribution is 5.79. The Kier molecular flexibility index (Phi) is 4.67. The standard InChI is InChI=1S/C20H23NO5/c1-20(2)25-17-16(24-19(22-3)18(17)26-20)15(14-10-7-11-23-14)21-12-13-8-5-4-6-9-13/h4-12,15-19H,1-3H3/t15-,16+,17-,18-,19-/m0/s1. The molecule has 2 aromatic rings. The zero-order valence-corrected chi connectivity index (χ0v) is 15.1. The number of aliphatic imine (C=N–C) groups is 1. The third kappa shape index (κ3) is 3.33. The average molecular weight is 357 g/mol. The molecule has 2 aliphatic heterocycles. The van der Waals surface area contributed by atoms with Crippen LogP contribution in [0.15, 0.2) is 58.1 Å². The quantitative estimate of drug-likeness (QED) is 0.768. The molecule has 0 saturated carbocycles. The first kappa shape index (κ1) is 17.4. The van der Waals surface area contributed by atoms with Crippen molar-refractivity contribution >= 4 is 6.21 Å². The normalized spacial score (nSPS) is 31.3. The molecule has 5 atom stereocenters. The van der Waals surface area contributed by atoms with Crippen LogP contribution in [-0.2, 0) is 18.9 Å². The topological polar surface area (TPSA) is 62.4 Å². The minimum absolute atomic E-state index is 0.294. The first-order valence-corrected chi connectivity index (χ1v) is 8.73. The lowest BCUT2D eigenvalue weighted by molar-refractivity contribution is -0.229. The zero-order chi connectivity index (χ0) is 18.1. The molecule has 0 radical (unpaired) electrons. The van der Waals surface area contributed by atoms with Crippen LogP contribution in [0.3, 0.4) is 0 Å². The molecule has 1 aromatic heterocycles. The van der Waals surface area contributed by atoms with Gasteiger partial charge in [-0.15, -0.1) is 0 Å².